The van der Waals surface area contributed by atoms with Crippen LogP contribution in [0.25, 0.3) is 0 Å². The topological polar surface area (TPSA) is 257 Å². The Labute approximate surface area is 213 Å². The summed E-state index contributed by atoms with van der Waals surface area (Å²) in [5.74, 6) is -6.09. The number of carbonyl (C=O) groups excluding carboxylic acids is 5. The number of phenols is 1. The first-order chi connectivity index (χ1) is 17.2. The van der Waals surface area contributed by atoms with Crippen LogP contribution in [0.1, 0.15) is 38.7 Å². The Kier molecular flexibility index (Phi) is 12.0. The van der Waals surface area contributed by atoms with Crippen LogP contribution >= 0.6 is 0 Å². The number of hydrogen-bond acceptors (Lipinski definition) is 8. The number of aliphatic carboxylic acids is 1. The third kappa shape index (κ3) is 10.9. The molecule has 37 heavy (non-hydrogen) atoms. The fourth-order valence-corrected chi connectivity index (χ4v) is 3.26. The third-order valence-electron chi connectivity index (χ3n) is 5.31. The Hall–Kier alpha value is -4.20. The largest absolute Gasteiger partial charge is 0.508 e. The minimum Gasteiger partial charge on any atom is -0.508 e. The number of nitrogens with two attached hydrogens (primary N) is 3. The average Bonchev–Trinajstić information content (AvgIpc) is 2.79. The van der Waals surface area contributed by atoms with Crippen molar-refractivity contribution in [2.45, 2.75) is 63.7 Å². The van der Waals surface area contributed by atoms with Gasteiger partial charge in [0.15, 0.2) is 0 Å². The summed E-state index contributed by atoms with van der Waals surface area (Å²) >= 11 is 0. The second-order valence-corrected chi connectivity index (χ2v) is 8.84. The van der Waals surface area contributed by atoms with E-state index in [2.05, 4.69) is 16.0 Å². The summed E-state index contributed by atoms with van der Waals surface area (Å²) in [6.45, 7) is 3.16. The minimum absolute atomic E-state index is 0.0398. The van der Waals surface area contributed by atoms with Crippen LogP contribution in [0.15, 0.2) is 24.3 Å². The van der Waals surface area contributed by atoms with Gasteiger partial charge in [0.05, 0.1) is 12.5 Å². The van der Waals surface area contributed by atoms with Crippen LogP contribution < -0.4 is 33.2 Å². The molecule has 0 aliphatic rings. The van der Waals surface area contributed by atoms with E-state index in [0.29, 0.717) is 5.56 Å². The SMILES string of the molecule is CC(C)C(NC(=O)C(CCC(N)=O)NC(=O)C(N)Cc1ccc(O)cc1)C(=O)NC(CC(N)=O)C(=O)O. The predicted molar refractivity (Wildman–Crippen MR) is 130 cm³/mol. The van der Waals surface area contributed by atoms with Crippen LogP contribution in [0.5, 0.6) is 5.75 Å². The Bertz CT molecular complexity index is 997. The van der Waals surface area contributed by atoms with Gasteiger partial charge in [-0.2, -0.15) is 0 Å². The second-order valence-electron chi connectivity index (χ2n) is 8.84. The molecule has 0 heterocycles. The van der Waals surface area contributed by atoms with E-state index in [9.17, 15) is 39.0 Å². The van der Waals surface area contributed by atoms with E-state index in [4.69, 9.17) is 17.2 Å². The number of phenolic OH excluding ortho intramolecular Hbond substituents is 1. The van der Waals surface area contributed by atoms with Gasteiger partial charge in [0.1, 0.15) is 23.9 Å². The number of aromatic hydroxyl groups is 1. The monoisotopic (exact) mass is 522 g/mol. The summed E-state index contributed by atoms with van der Waals surface area (Å²) in [6.07, 6.45) is -1.02. The Balaban J connectivity index is 2.97. The molecule has 5 amide bonds. The fourth-order valence-electron chi connectivity index (χ4n) is 3.26. The van der Waals surface area contributed by atoms with Crippen molar-refractivity contribution in [1.29, 1.82) is 0 Å². The molecule has 0 bridgehead atoms. The molecule has 4 unspecified atom stereocenters. The summed E-state index contributed by atoms with van der Waals surface area (Å²) in [5, 5.41) is 25.7. The molecule has 0 spiro atoms. The van der Waals surface area contributed by atoms with Crippen molar-refractivity contribution < 1.29 is 39.0 Å². The number of carboxylic acids is 1. The summed E-state index contributed by atoms with van der Waals surface area (Å²) in [4.78, 5) is 72.2. The lowest BCUT2D eigenvalue weighted by Gasteiger charge is -2.27. The molecule has 0 aliphatic carbocycles. The van der Waals surface area contributed by atoms with Gasteiger partial charge in [0.25, 0.3) is 0 Å². The Morgan fingerprint density at radius 1 is 0.838 bits per heavy atom. The van der Waals surface area contributed by atoms with Crippen molar-refractivity contribution in [3.8, 4) is 5.75 Å². The van der Waals surface area contributed by atoms with Crippen molar-refractivity contribution in [2.24, 2.45) is 23.1 Å². The van der Waals surface area contributed by atoms with Crippen molar-refractivity contribution >= 4 is 35.5 Å². The number of carboxylic acid groups (broad SMARTS) is 1. The maximum absolute atomic E-state index is 13.0. The molecule has 1 aromatic rings. The highest BCUT2D eigenvalue weighted by molar-refractivity contribution is 5.95. The van der Waals surface area contributed by atoms with Gasteiger partial charge in [-0.15, -0.1) is 0 Å². The van der Waals surface area contributed by atoms with E-state index in [1.807, 2.05) is 0 Å². The molecule has 14 nitrogen and oxygen atoms in total. The smallest absolute Gasteiger partial charge is 0.326 e. The van der Waals surface area contributed by atoms with Crippen molar-refractivity contribution in [3.63, 3.8) is 0 Å². The molecular formula is C23H34N6O8. The van der Waals surface area contributed by atoms with Gasteiger partial charge in [-0.1, -0.05) is 26.0 Å². The number of rotatable bonds is 15. The number of primary amides is 2. The molecule has 0 aromatic heterocycles. The number of carbonyl (C=O) groups is 6. The lowest BCUT2D eigenvalue weighted by Crippen LogP contribution is -2.58. The molecule has 11 N–H and O–H groups in total. The molecule has 0 aliphatic heterocycles. The van der Waals surface area contributed by atoms with E-state index >= 15 is 0 Å². The summed E-state index contributed by atoms with van der Waals surface area (Å²) in [5.41, 5.74) is 16.8. The van der Waals surface area contributed by atoms with Crippen LogP contribution in [-0.2, 0) is 35.2 Å². The summed E-state index contributed by atoms with van der Waals surface area (Å²) < 4.78 is 0. The zero-order valence-electron chi connectivity index (χ0n) is 20.6. The first kappa shape index (κ1) is 30.8. The quantitative estimate of drug-likeness (QED) is 0.122. The van der Waals surface area contributed by atoms with Gasteiger partial charge in [-0.3, -0.25) is 24.0 Å². The van der Waals surface area contributed by atoms with E-state index in [-0.39, 0.29) is 25.0 Å². The highest BCUT2D eigenvalue weighted by Gasteiger charge is 2.32. The molecule has 1 aromatic carbocycles. The lowest BCUT2D eigenvalue weighted by atomic mass is 10.0. The standard InChI is InChI=1S/C23H34N6O8/c1-11(2)19(22(35)28-16(23(36)37)10-18(26)32)29-21(34)15(7-8-17(25)31)27-20(33)14(24)9-12-3-5-13(30)6-4-12/h3-6,11,14-16,19,30H,7-10,24H2,1-2H3,(H2,25,31)(H2,26,32)(H,27,33)(H,28,35)(H,29,34)(H,36,37). The molecule has 0 fully saturated rings. The molecule has 4 atom stereocenters. The number of benzene rings is 1. The average molecular weight is 523 g/mol. The number of nitrogens with one attached hydrogen (secondary N) is 3. The third-order valence-corrected chi connectivity index (χ3v) is 5.31. The van der Waals surface area contributed by atoms with E-state index in [1.165, 1.54) is 12.1 Å². The first-order valence-electron chi connectivity index (χ1n) is 11.4. The van der Waals surface area contributed by atoms with Gasteiger partial charge < -0.3 is 43.4 Å². The fraction of sp³-hybridized carbons (Fsp3) is 0.478. The molecule has 1 rings (SSSR count). The van der Waals surface area contributed by atoms with Crippen LogP contribution in [-0.4, -0.2) is 69.9 Å². The van der Waals surface area contributed by atoms with Gasteiger partial charge in [0.2, 0.25) is 29.5 Å². The zero-order chi connectivity index (χ0) is 28.3. The highest BCUT2D eigenvalue weighted by atomic mass is 16.4. The normalized spacial score (nSPS) is 14.1. The maximum atomic E-state index is 13.0. The van der Waals surface area contributed by atoms with Gasteiger partial charge in [-0.25, -0.2) is 4.79 Å². The highest BCUT2D eigenvalue weighted by Crippen LogP contribution is 2.11. The van der Waals surface area contributed by atoms with Crippen LogP contribution in [0, 0.1) is 5.92 Å². The summed E-state index contributed by atoms with van der Waals surface area (Å²) in [6, 6.07) is 0.787. The minimum atomic E-state index is -1.61. The van der Waals surface area contributed by atoms with Gasteiger partial charge in [-0.05, 0) is 36.5 Å². The van der Waals surface area contributed by atoms with Gasteiger partial charge in [0, 0.05) is 6.42 Å². The summed E-state index contributed by atoms with van der Waals surface area (Å²) in [7, 11) is 0. The lowest BCUT2D eigenvalue weighted by molar-refractivity contribution is -0.144. The number of hydrogen-bond donors (Lipinski definition) is 8. The van der Waals surface area contributed by atoms with Crippen LogP contribution in [0.3, 0.4) is 0 Å². The van der Waals surface area contributed by atoms with Crippen LogP contribution in [0.4, 0.5) is 0 Å². The number of amides is 5. The molecule has 204 valence electrons. The van der Waals surface area contributed by atoms with E-state index < -0.39 is 72.0 Å². The molecule has 0 saturated heterocycles. The Morgan fingerprint density at radius 2 is 1.41 bits per heavy atom. The second kappa shape index (κ2) is 14.4. The van der Waals surface area contributed by atoms with Crippen molar-refractivity contribution in [2.75, 3.05) is 0 Å². The zero-order valence-corrected chi connectivity index (χ0v) is 20.6. The maximum Gasteiger partial charge on any atom is 0.326 e. The van der Waals surface area contributed by atoms with E-state index in [1.54, 1.807) is 26.0 Å². The predicted octanol–water partition coefficient (Wildman–Crippen LogP) is -2.40. The molecule has 14 heteroatoms. The van der Waals surface area contributed by atoms with Crippen molar-refractivity contribution in [3.05, 3.63) is 29.8 Å². The van der Waals surface area contributed by atoms with Gasteiger partial charge >= 0.3 is 5.97 Å². The van der Waals surface area contributed by atoms with Crippen LogP contribution in [0.2, 0.25) is 0 Å². The Morgan fingerprint density at radius 3 is 1.89 bits per heavy atom. The molecular weight excluding hydrogens is 488 g/mol. The van der Waals surface area contributed by atoms with Crippen molar-refractivity contribution in [1.82, 2.24) is 16.0 Å². The van der Waals surface area contributed by atoms with E-state index in [0.717, 1.165) is 0 Å². The molecule has 0 radical (unpaired) electrons. The molecule has 0 saturated carbocycles. The first-order valence-corrected chi connectivity index (χ1v) is 11.4.